The van der Waals surface area contributed by atoms with E-state index in [-0.39, 0.29) is 5.54 Å². The maximum atomic E-state index is 4.38. The lowest BCUT2D eigenvalue weighted by Gasteiger charge is -2.18. The molecule has 0 aliphatic carbocycles. The summed E-state index contributed by atoms with van der Waals surface area (Å²) in [4.78, 5) is 0. The third kappa shape index (κ3) is 3.17. The van der Waals surface area contributed by atoms with Gasteiger partial charge in [0, 0.05) is 6.20 Å². The van der Waals surface area contributed by atoms with E-state index in [9.17, 15) is 0 Å². The van der Waals surface area contributed by atoms with Gasteiger partial charge in [-0.1, -0.05) is 13.8 Å². The summed E-state index contributed by atoms with van der Waals surface area (Å²) in [5, 5.41) is 4.38. The molecule has 0 aliphatic rings. The van der Waals surface area contributed by atoms with Crippen LogP contribution >= 0.6 is 0 Å². The van der Waals surface area contributed by atoms with Crippen molar-refractivity contribution < 1.29 is 0 Å². The van der Waals surface area contributed by atoms with E-state index >= 15 is 0 Å². The van der Waals surface area contributed by atoms with Crippen molar-refractivity contribution >= 4 is 0 Å². The fourth-order valence-corrected chi connectivity index (χ4v) is 1.31. The molecule has 0 unspecified atom stereocenters. The molecule has 2 nitrogen and oxygen atoms in total. The summed E-state index contributed by atoms with van der Waals surface area (Å²) in [7, 11) is 0. The molecule has 0 aromatic carbocycles. The van der Waals surface area contributed by atoms with Gasteiger partial charge in [0.25, 0.3) is 0 Å². The van der Waals surface area contributed by atoms with Crippen molar-refractivity contribution in [2.75, 3.05) is 0 Å². The van der Waals surface area contributed by atoms with E-state index in [0.717, 1.165) is 12.3 Å². The highest BCUT2D eigenvalue weighted by Gasteiger charge is 2.13. The van der Waals surface area contributed by atoms with Crippen molar-refractivity contribution in [3.8, 4) is 0 Å². The van der Waals surface area contributed by atoms with Crippen LogP contribution in [0.3, 0.4) is 0 Å². The maximum absolute atomic E-state index is 4.38. The molecule has 0 saturated heterocycles. The van der Waals surface area contributed by atoms with Crippen LogP contribution in [-0.4, -0.2) is 9.78 Å². The Kier molecular flexibility index (Phi) is 3.35. The second-order valence-corrected chi connectivity index (χ2v) is 5.40. The summed E-state index contributed by atoms with van der Waals surface area (Å²) in [6.45, 7) is 11.0. The van der Waals surface area contributed by atoms with Gasteiger partial charge < -0.3 is 0 Å². The lowest BCUT2D eigenvalue weighted by Crippen LogP contribution is -2.21. The van der Waals surface area contributed by atoms with Crippen molar-refractivity contribution in [3.05, 3.63) is 18.0 Å². The molecule has 0 amide bonds. The van der Waals surface area contributed by atoms with Gasteiger partial charge in [-0.3, -0.25) is 4.68 Å². The third-order valence-electron chi connectivity index (χ3n) is 2.33. The van der Waals surface area contributed by atoms with Crippen molar-refractivity contribution in [3.63, 3.8) is 0 Å². The first-order valence-electron chi connectivity index (χ1n) is 5.43. The number of hydrogen-bond donors (Lipinski definition) is 0. The van der Waals surface area contributed by atoms with Gasteiger partial charge in [-0.05, 0) is 45.1 Å². The number of aromatic nitrogens is 2. The number of aryl methyl sites for hydroxylation is 1. The van der Waals surface area contributed by atoms with Gasteiger partial charge in [0.2, 0.25) is 0 Å². The quantitative estimate of drug-likeness (QED) is 0.722. The lowest BCUT2D eigenvalue weighted by atomic mass is 10.1. The summed E-state index contributed by atoms with van der Waals surface area (Å²) in [5.74, 6) is 0.771. The second kappa shape index (κ2) is 4.16. The highest BCUT2D eigenvalue weighted by Crippen LogP contribution is 2.15. The maximum Gasteiger partial charge on any atom is 0.0543 e. The molecule has 0 radical (unpaired) electrons. The van der Waals surface area contributed by atoms with Crippen molar-refractivity contribution in [2.24, 2.45) is 5.92 Å². The Balaban J connectivity index is 2.60. The minimum Gasteiger partial charge on any atom is -0.267 e. The number of nitrogens with zero attached hydrogens (tertiary/aromatic N) is 2. The van der Waals surface area contributed by atoms with E-state index in [1.165, 1.54) is 12.0 Å². The Bertz CT molecular complexity index is 279. The smallest absolute Gasteiger partial charge is 0.0543 e. The van der Waals surface area contributed by atoms with Gasteiger partial charge >= 0.3 is 0 Å². The van der Waals surface area contributed by atoms with Gasteiger partial charge in [0.15, 0.2) is 0 Å². The van der Waals surface area contributed by atoms with Crippen LogP contribution in [0.4, 0.5) is 0 Å². The van der Waals surface area contributed by atoms with Gasteiger partial charge in [-0.25, -0.2) is 0 Å². The Morgan fingerprint density at radius 2 is 2.00 bits per heavy atom. The number of hydrogen-bond acceptors (Lipinski definition) is 1. The molecule has 80 valence electrons. The fourth-order valence-electron chi connectivity index (χ4n) is 1.31. The molecule has 0 aliphatic heterocycles. The van der Waals surface area contributed by atoms with Crippen LogP contribution in [0.15, 0.2) is 12.4 Å². The van der Waals surface area contributed by atoms with Gasteiger partial charge in [-0.15, -0.1) is 0 Å². The van der Waals surface area contributed by atoms with Crippen LogP contribution < -0.4 is 0 Å². The average molecular weight is 194 g/mol. The summed E-state index contributed by atoms with van der Waals surface area (Å²) in [5.41, 5.74) is 1.46. The Labute approximate surface area is 87.3 Å². The molecular weight excluding hydrogens is 172 g/mol. The van der Waals surface area contributed by atoms with Crippen molar-refractivity contribution in [1.29, 1.82) is 0 Å². The first-order chi connectivity index (χ1) is 6.39. The summed E-state index contributed by atoms with van der Waals surface area (Å²) in [6.07, 6.45) is 6.56. The molecule has 0 N–H and O–H groups in total. The zero-order chi connectivity index (χ0) is 10.8. The van der Waals surface area contributed by atoms with Crippen LogP contribution in [0.1, 0.15) is 46.6 Å². The Morgan fingerprint density at radius 3 is 2.43 bits per heavy atom. The first kappa shape index (κ1) is 11.3. The highest BCUT2D eigenvalue weighted by molar-refractivity contribution is 5.05. The molecule has 14 heavy (non-hydrogen) atoms. The minimum absolute atomic E-state index is 0.107. The fraction of sp³-hybridized carbons (Fsp3) is 0.750. The van der Waals surface area contributed by atoms with Crippen LogP contribution in [0.2, 0.25) is 0 Å². The standard InChI is InChI=1S/C12H22N2/c1-10(2)6-7-11-8-13-14(9-11)12(3,4)5/h8-10H,6-7H2,1-5H3. The zero-order valence-corrected chi connectivity index (χ0v) is 10.0. The van der Waals surface area contributed by atoms with Crippen molar-refractivity contribution in [1.82, 2.24) is 9.78 Å². The van der Waals surface area contributed by atoms with E-state index in [1.807, 2.05) is 10.9 Å². The molecular formula is C12H22N2. The van der Waals surface area contributed by atoms with E-state index < -0.39 is 0 Å². The molecule has 1 aromatic rings. The van der Waals surface area contributed by atoms with Gasteiger partial charge in [0.1, 0.15) is 0 Å². The van der Waals surface area contributed by atoms with E-state index in [2.05, 4.69) is 45.9 Å². The number of rotatable bonds is 3. The predicted molar refractivity (Wildman–Crippen MR) is 60.4 cm³/mol. The largest absolute Gasteiger partial charge is 0.267 e. The molecule has 0 spiro atoms. The first-order valence-corrected chi connectivity index (χ1v) is 5.43. The zero-order valence-electron chi connectivity index (χ0n) is 10.0. The monoisotopic (exact) mass is 194 g/mol. The van der Waals surface area contributed by atoms with Gasteiger partial charge in [-0.2, -0.15) is 5.10 Å². The van der Waals surface area contributed by atoms with Crippen LogP contribution in [0.25, 0.3) is 0 Å². The molecule has 1 aromatic heterocycles. The summed E-state index contributed by atoms with van der Waals surface area (Å²) in [6, 6.07) is 0. The molecule has 2 heteroatoms. The molecule has 0 bridgehead atoms. The SMILES string of the molecule is CC(C)CCc1cnn(C(C)(C)C)c1. The normalized spacial score (nSPS) is 12.4. The Morgan fingerprint density at radius 1 is 1.36 bits per heavy atom. The summed E-state index contributed by atoms with van der Waals surface area (Å²) < 4.78 is 2.04. The predicted octanol–water partition coefficient (Wildman–Crippen LogP) is 3.23. The Hall–Kier alpha value is -0.790. The van der Waals surface area contributed by atoms with Crippen LogP contribution in [0, 0.1) is 5.92 Å². The minimum atomic E-state index is 0.107. The molecule has 0 atom stereocenters. The van der Waals surface area contributed by atoms with Crippen LogP contribution in [-0.2, 0) is 12.0 Å². The van der Waals surface area contributed by atoms with E-state index in [4.69, 9.17) is 0 Å². The highest BCUT2D eigenvalue weighted by atomic mass is 15.3. The van der Waals surface area contributed by atoms with Crippen molar-refractivity contribution in [2.45, 2.75) is 53.0 Å². The molecule has 0 saturated carbocycles. The molecule has 1 heterocycles. The average Bonchev–Trinajstić information content (AvgIpc) is 2.47. The van der Waals surface area contributed by atoms with E-state index in [0.29, 0.717) is 0 Å². The second-order valence-electron chi connectivity index (χ2n) is 5.40. The lowest BCUT2D eigenvalue weighted by molar-refractivity contribution is 0.355. The topological polar surface area (TPSA) is 17.8 Å². The summed E-state index contributed by atoms with van der Waals surface area (Å²) >= 11 is 0. The molecule has 0 fully saturated rings. The van der Waals surface area contributed by atoms with E-state index in [1.54, 1.807) is 0 Å². The van der Waals surface area contributed by atoms with Gasteiger partial charge in [0.05, 0.1) is 11.7 Å². The molecule has 1 rings (SSSR count). The third-order valence-corrected chi connectivity index (χ3v) is 2.33. The van der Waals surface area contributed by atoms with Crippen LogP contribution in [0.5, 0.6) is 0 Å².